The second-order valence-corrected chi connectivity index (χ2v) is 12.3. The molecule has 2 N–H and O–H groups in total. The Hall–Kier alpha value is -4.28. The molecule has 0 radical (unpaired) electrons. The van der Waals surface area contributed by atoms with Gasteiger partial charge in [0.15, 0.2) is 11.5 Å². The molecule has 266 valence electrons. The molecule has 0 bridgehead atoms. The van der Waals surface area contributed by atoms with Gasteiger partial charge >= 0.3 is 6.03 Å². The van der Waals surface area contributed by atoms with Crippen molar-refractivity contribution < 1.29 is 28.5 Å². The molecule has 1 fully saturated rings. The van der Waals surface area contributed by atoms with Crippen LogP contribution in [0.5, 0.6) is 23.0 Å². The molecule has 3 aromatic carbocycles. The van der Waals surface area contributed by atoms with E-state index in [0.717, 1.165) is 63.2 Å². The van der Waals surface area contributed by atoms with Gasteiger partial charge in [0.05, 0.1) is 13.2 Å². The van der Waals surface area contributed by atoms with Crippen molar-refractivity contribution in [3.05, 3.63) is 72.3 Å². The second-order valence-electron chi connectivity index (χ2n) is 12.3. The number of amides is 3. The number of rotatable bonds is 19. The van der Waals surface area contributed by atoms with Gasteiger partial charge in [-0.3, -0.25) is 4.79 Å². The Morgan fingerprint density at radius 1 is 0.857 bits per heavy atom. The fraction of sp³-hybridized carbons (Fsp3) is 0.487. The van der Waals surface area contributed by atoms with Gasteiger partial charge in [0.2, 0.25) is 0 Å². The van der Waals surface area contributed by atoms with Gasteiger partial charge in [0.1, 0.15) is 17.6 Å². The zero-order chi connectivity index (χ0) is 34.8. The number of unbranched alkanes of at least 4 members (excludes halogenated alkanes) is 3. The zero-order valence-electron chi connectivity index (χ0n) is 29.7. The molecule has 10 heteroatoms. The zero-order valence-corrected chi connectivity index (χ0v) is 29.7. The summed E-state index contributed by atoms with van der Waals surface area (Å²) >= 11 is 0. The van der Waals surface area contributed by atoms with Crippen LogP contribution in [0, 0.1) is 0 Å². The Morgan fingerprint density at radius 2 is 1.57 bits per heavy atom. The summed E-state index contributed by atoms with van der Waals surface area (Å²) < 4.78 is 23.6. The van der Waals surface area contributed by atoms with E-state index in [0.29, 0.717) is 54.8 Å². The minimum atomic E-state index is -0.256. The average Bonchev–Trinajstić information content (AvgIpc) is 3.12. The lowest BCUT2D eigenvalue weighted by Gasteiger charge is -2.32. The summed E-state index contributed by atoms with van der Waals surface area (Å²) in [6.45, 7) is 11.4. The molecular weight excluding hydrogens is 620 g/mol. The van der Waals surface area contributed by atoms with Crippen molar-refractivity contribution >= 4 is 23.3 Å². The third-order valence-corrected chi connectivity index (χ3v) is 8.47. The summed E-state index contributed by atoms with van der Waals surface area (Å²) in [6.07, 6.45) is 7.81. The lowest BCUT2D eigenvalue weighted by molar-refractivity contribution is 0.0974. The Bertz CT molecular complexity index is 1420. The lowest BCUT2D eigenvalue weighted by atomic mass is 10.1. The monoisotopic (exact) mass is 674 g/mol. The van der Waals surface area contributed by atoms with Crippen molar-refractivity contribution in [1.29, 1.82) is 0 Å². The molecule has 0 saturated carbocycles. The highest BCUT2D eigenvalue weighted by Gasteiger charge is 2.22. The topological polar surface area (TPSA) is 102 Å². The van der Waals surface area contributed by atoms with E-state index >= 15 is 0 Å². The molecule has 1 aliphatic rings. The van der Waals surface area contributed by atoms with E-state index in [1.165, 1.54) is 12.8 Å². The van der Waals surface area contributed by atoms with Gasteiger partial charge in [-0.2, -0.15) is 0 Å². The molecule has 49 heavy (non-hydrogen) atoms. The molecule has 3 amide bonds. The quantitative estimate of drug-likeness (QED) is 0.124. The van der Waals surface area contributed by atoms with Gasteiger partial charge in [-0.1, -0.05) is 33.1 Å². The van der Waals surface area contributed by atoms with Gasteiger partial charge in [0, 0.05) is 56.3 Å². The molecule has 0 spiro atoms. The number of piperidine rings is 1. The summed E-state index contributed by atoms with van der Waals surface area (Å²) in [6, 6.07) is 19.8. The highest BCUT2D eigenvalue weighted by atomic mass is 16.5. The van der Waals surface area contributed by atoms with Gasteiger partial charge < -0.3 is 39.4 Å². The van der Waals surface area contributed by atoms with Crippen molar-refractivity contribution in [3.8, 4) is 23.0 Å². The van der Waals surface area contributed by atoms with Crippen molar-refractivity contribution in [1.82, 2.24) is 10.2 Å². The number of nitrogens with zero attached hydrogens (tertiary/aromatic N) is 2. The Morgan fingerprint density at radius 3 is 2.24 bits per heavy atom. The fourth-order valence-electron chi connectivity index (χ4n) is 5.70. The van der Waals surface area contributed by atoms with Crippen LogP contribution < -0.4 is 29.7 Å². The number of methoxy groups -OCH3 is 1. The van der Waals surface area contributed by atoms with Crippen molar-refractivity contribution in [2.75, 3.05) is 63.3 Å². The van der Waals surface area contributed by atoms with Gasteiger partial charge in [-0.25, -0.2) is 4.79 Å². The first-order valence-corrected chi connectivity index (χ1v) is 17.8. The van der Waals surface area contributed by atoms with Crippen LogP contribution in [-0.4, -0.2) is 76.0 Å². The molecular formula is C39H54N4O6. The van der Waals surface area contributed by atoms with E-state index in [9.17, 15) is 9.59 Å². The number of benzene rings is 3. The second kappa shape index (κ2) is 20.3. The van der Waals surface area contributed by atoms with E-state index in [1.807, 2.05) is 55.5 Å². The first-order valence-electron chi connectivity index (χ1n) is 17.8. The smallest absolute Gasteiger partial charge is 0.319 e. The molecule has 1 heterocycles. The minimum Gasteiger partial charge on any atom is -0.490 e. The Kier molecular flexibility index (Phi) is 15.5. The van der Waals surface area contributed by atoms with Crippen LogP contribution in [0.2, 0.25) is 0 Å². The van der Waals surface area contributed by atoms with Crippen LogP contribution >= 0.6 is 0 Å². The molecule has 10 nitrogen and oxygen atoms in total. The largest absolute Gasteiger partial charge is 0.490 e. The molecule has 4 rings (SSSR count). The number of hydrogen-bond acceptors (Lipinski definition) is 7. The molecule has 0 aromatic heterocycles. The van der Waals surface area contributed by atoms with Crippen LogP contribution in [-0.2, 0) is 4.74 Å². The number of urea groups is 1. The minimum absolute atomic E-state index is 0.127. The van der Waals surface area contributed by atoms with E-state index in [4.69, 9.17) is 18.9 Å². The van der Waals surface area contributed by atoms with E-state index < -0.39 is 0 Å². The summed E-state index contributed by atoms with van der Waals surface area (Å²) in [7, 11) is 1.62. The predicted molar refractivity (Wildman–Crippen MR) is 196 cm³/mol. The van der Waals surface area contributed by atoms with Crippen LogP contribution in [0.3, 0.4) is 0 Å². The standard InChI is InChI=1S/C39H54N4O6/c1-5-8-10-23-40-39(45)41-31-13-20-36(37(29-31)47-7-3)49-34-18-14-32(15-19-34)43(27-28-46-4)38(44)30-11-16-33(17-12-30)48-35-21-25-42(26-22-35)24-9-6-2/h11-20,29,35H,5-10,21-28H2,1-4H3,(H2,40,41,45). The number of hydrogen-bond donors (Lipinski definition) is 2. The highest BCUT2D eigenvalue weighted by Crippen LogP contribution is 2.35. The first-order chi connectivity index (χ1) is 23.9. The molecule has 0 aliphatic carbocycles. The van der Waals surface area contributed by atoms with Crippen LogP contribution in [0.1, 0.15) is 76.1 Å². The van der Waals surface area contributed by atoms with E-state index in [-0.39, 0.29) is 18.0 Å². The molecule has 1 saturated heterocycles. The predicted octanol–water partition coefficient (Wildman–Crippen LogP) is 8.13. The van der Waals surface area contributed by atoms with Crippen LogP contribution in [0.4, 0.5) is 16.2 Å². The Labute approximate surface area is 292 Å². The molecule has 0 atom stereocenters. The summed E-state index contributed by atoms with van der Waals surface area (Å²) in [5.74, 6) is 2.26. The summed E-state index contributed by atoms with van der Waals surface area (Å²) in [4.78, 5) is 30.2. The summed E-state index contributed by atoms with van der Waals surface area (Å²) in [5, 5.41) is 5.73. The van der Waals surface area contributed by atoms with Crippen LogP contribution in [0.15, 0.2) is 66.7 Å². The van der Waals surface area contributed by atoms with Crippen molar-refractivity contribution in [2.45, 2.75) is 71.8 Å². The number of ether oxygens (including phenoxy) is 4. The molecule has 0 unspecified atom stereocenters. The molecule has 1 aliphatic heterocycles. The number of carbonyl (C=O) groups excluding carboxylic acids is 2. The third kappa shape index (κ3) is 12.0. The maximum atomic E-state index is 13.7. The average molecular weight is 675 g/mol. The van der Waals surface area contributed by atoms with Gasteiger partial charge in [-0.15, -0.1) is 0 Å². The van der Waals surface area contributed by atoms with Crippen molar-refractivity contribution in [2.24, 2.45) is 0 Å². The van der Waals surface area contributed by atoms with Gasteiger partial charge in [-0.05, 0) is 99.8 Å². The number of anilines is 2. The maximum absolute atomic E-state index is 13.7. The van der Waals surface area contributed by atoms with E-state index in [1.54, 1.807) is 30.2 Å². The highest BCUT2D eigenvalue weighted by molar-refractivity contribution is 6.06. The van der Waals surface area contributed by atoms with Gasteiger partial charge in [0.25, 0.3) is 5.91 Å². The third-order valence-electron chi connectivity index (χ3n) is 8.47. The SMILES string of the molecule is CCCCCNC(=O)Nc1ccc(Oc2ccc(N(CCOC)C(=O)c3ccc(OC4CCN(CCCC)CC4)cc3)cc2)c(OCC)c1. The maximum Gasteiger partial charge on any atom is 0.319 e. The van der Waals surface area contributed by atoms with E-state index in [2.05, 4.69) is 29.4 Å². The Balaban J connectivity index is 1.37. The number of likely N-dealkylation sites (tertiary alicyclic amines) is 1. The van der Waals surface area contributed by atoms with Crippen molar-refractivity contribution in [3.63, 3.8) is 0 Å². The number of carbonyl (C=O) groups is 2. The fourth-order valence-corrected chi connectivity index (χ4v) is 5.70. The first kappa shape index (κ1) is 37.5. The normalized spacial score (nSPS) is 13.5. The summed E-state index contributed by atoms with van der Waals surface area (Å²) in [5.41, 5.74) is 1.90. The molecule has 3 aromatic rings. The van der Waals surface area contributed by atoms with Crippen LogP contribution in [0.25, 0.3) is 0 Å². The number of nitrogens with one attached hydrogen (secondary N) is 2. The lowest BCUT2D eigenvalue weighted by Crippen LogP contribution is -2.38.